The van der Waals surface area contributed by atoms with Crippen LogP contribution in [-0.4, -0.2) is 82.1 Å². The van der Waals surface area contributed by atoms with Crippen molar-refractivity contribution in [3.8, 4) is 23.0 Å². The lowest BCUT2D eigenvalue weighted by Gasteiger charge is -2.36. The molecule has 0 amide bonds. The quantitative estimate of drug-likeness (QED) is 0.335. The number of aliphatic hydroxyl groups excluding tert-OH is 1. The SMILES string of the molecule is COc1ccc(OC)c(C(O)CN2CCN(CCCOc3ccccc3Cc3ccccc3)CC2)c1OC. The Morgan fingerprint density at radius 3 is 2.11 bits per heavy atom. The van der Waals surface area contributed by atoms with E-state index in [9.17, 15) is 5.11 Å². The van der Waals surface area contributed by atoms with Gasteiger partial charge in [0.15, 0.2) is 11.5 Å². The van der Waals surface area contributed by atoms with E-state index in [0.717, 1.165) is 51.3 Å². The first kappa shape index (κ1) is 27.8. The molecule has 4 rings (SSSR count). The summed E-state index contributed by atoms with van der Waals surface area (Å²) in [6, 6.07) is 22.4. The fourth-order valence-electron chi connectivity index (χ4n) is 5.03. The summed E-state index contributed by atoms with van der Waals surface area (Å²) in [4.78, 5) is 4.75. The van der Waals surface area contributed by atoms with Crippen LogP contribution in [0.1, 0.15) is 29.2 Å². The van der Waals surface area contributed by atoms with E-state index in [0.29, 0.717) is 36.0 Å². The van der Waals surface area contributed by atoms with Crippen molar-refractivity contribution in [3.05, 3.63) is 83.4 Å². The van der Waals surface area contributed by atoms with E-state index in [2.05, 4.69) is 52.3 Å². The number of aliphatic hydroxyl groups is 1. The highest BCUT2D eigenvalue weighted by atomic mass is 16.5. The smallest absolute Gasteiger partial charge is 0.170 e. The van der Waals surface area contributed by atoms with Crippen molar-refractivity contribution in [1.29, 1.82) is 0 Å². The number of piperazine rings is 1. The molecule has 1 aliphatic rings. The molecule has 204 valence electrons. The van der Waals surface area contributed by atoms with Gasteiger partial charge in [-0.05, 0) is 35.7 Å². The van der Waals surface area contributed by atoms with Crippen molar-refractivity contribution in [2.75, 3.05) is 67.2 Å². The van der Waals surface area contributed by atoms with Crippen LogP contribution in [0.2, 0.25) is 0 Å². The molecular formula is C31H40N2O5. The molecule has 3 aromatic carbocycles. The number of hydrogen-bond donors (Lipinski definition) is 1. The van der Waals surface area contributed by atoms with Crippen molar-refractivity contribution >= 4 is 0 Å². The first-order valence-electron chi connectivity index (χ1n) is 13.3. The van der Waals surface area contributed by atoms with Crippen LogP contribution in [0.25, 0.3) is 0 Å². The second-order valence-electron chi connectivity index (χ2n) is 9.55. The largest absolute Gasteiger partial charge is 0.496 e. The van der Waals surface area contributed by atoms with Gasteiger partial charge in [-0.2, -0.15) is 0 Å². The number of para-hydroxylation sites is 1. The number of hydrogen-bond acceptors (Lipinski definition) is 7. The van der Waals surface area contributed by atoms with E-state index in [1.165, 1.54) is 11.1 Å². The minimum absolute atomic E-state index is 0.509. The molecule has 7 heteroatoms. The Hall–Kier alpha value is -3.26. The number of rotatable bonds is 13. The summed E-state index contributed by atoms with van der Waals surface area (Å²) in [7, 11) is 4.77. The van der Waals surface area contributed by atoms with Crippen LogP contribution in [0.4, 0.5) is 0 Å². The molecule has 0 radical (unpaired) electrons. The van der Waals surface area contributed by atoms with E-state index < -0.39 is 6.10 Å². The maximum Gasteiger partial charge on any atom is 0.170 e. The topological polar surface area (TPSA) is 63.6 Å². The van der Waals surface area contributed by atoms with Crippen LogP contribution >= 0.6 is 0 Å². The number of ether oxygens (including phenoxy) is 4. The van der Waals surface area contributed by atoms with Crippen LogP contribution in [-0.2, 0) is 6.42 Å². The minimum Gasteiger partial charge on any atom is -0.496 e. The number of β-amino-alcohol motifs (C(OH)–C–C–N with tert-alkyl or cyclic N) is 1. The van der Waals surface area contributed by atoms with Crippen molar-refractivity contribution in [3.63, 3.8) is 0 Å². The third-order valence-electron chi connectivity index (χ3n) is 7.08. The maximum absolute atomic E-state index is 11.1. The van der Waals surface area contributed by atoms with E-state index >= 15 is 0 Å². The summed E-state index contributed by atoms with van der Waals surface area (Å²) >= 11 is 0. The molecule has 38 heavy (non-hydrogen) atoms. The molecule has 1 N–H and O–H groups in total. The molecule has 1 fully saturated rings. The molecule has 1 heterocycles. The summed E-state index contributed by atoms with van der Waals surface area (Å²) in [6.07, 6.45) is 1.10. The van der Waals surface area contributed by atoms with Gasteiger partial charge in [0.05, 0.1) is 39.6 Å². The molecule has 7 nitrogen and oxygen atoms in total. The predicted octanol–water partition coefficient (Wildman–Crippen LogP) is 4.42. The van der Waals surface area contributed by atoms with Crippen LogP contribution < -0.4 is 18.9 Å². The maximum atomic E-state index is 11.1. The molecule has 0 spiro atoms. The first-order chi connectivity index (χ1) is 18.6. The first-order valence-corrected chi connectivity index (χ1v) is 13.3. The second-order valence-corrected chi connectivity index (χ2v) is 9.55. The Kier molecular flexibility index (Phi) is 10.3. The van der Waals surface area contributed by atoms with Gasteiger partial charge in [-0.15, -0.1) is 0 Å². The second kappa shape index (κ2) is 14.0. The number of methoxy groups -OCH3 is 3. The molecule has 0 aliphatic carbocycles. The van der Waals surface area contributed by atoms with Gasteiger partial charge in [0.1, 0.15) is 11.5 Å². The zero-order chi connectivity index (χ0) is 26.7. The van der Waals surface area contributed by atoms with E-state index in [1.54, 1.807) is 33.5 Å². The third kappa shape index (κ3) is 7.19. The van der Waals surface area contributed by atoms with Crippen molar-refractivity contribution in [1.82, 2.24) is 9.80 Å². The molecular weight excluding hydrogens is 480 g/mol. The van der Waals surface area contributed by atoms with Gasteiger partial charge in [0.2, 0.25) is 0 Å². The highest BCUT2D eigenvalue weighted by Gasteiger charge is 2.26. The van der Waals surface area contributed by atoms with Gasteiger partial charge in [0, 0.05) is 45.7 Å². The van der Waals surface area contributed by atoms with Crippen molar-refractivity contribution in [2.45, 2.75) is 18.9 Å². The molecule has 0 saturated carbocycles. The van der Waals surface area contributed by atoms with Gasteiger partial charge >= 0.3 is 0 Å². The standard InChI is InChI=1S/C31H40N2O5/c1-35-28-14-15-29(36-2)31(37-3)30(28)26(34)23-33-19-17-32(18-20-33)16-9-21-38-27-13-8-7-12-25(27)22-24-10-5-4-6-11-24/h4-8,10-15,26,34H,9,16-23H2,1-3H3. The number of benzene rings is 3. The Labute approximate surface area is 226 Å². The van der Waals surface area contributed by atoms with Crippen molar-refractivity contribution < 1.29 is 24.1 Å². The molecule has 0 bridgehead atoms. The zero-order valence-electron chi connectivity index (χ0n) is 22.8. The zero-order valence-corrected chi connectivity index (χ0v) is 22.8. The van der Waals surface area contributed by atoms with Crippen LogP contribution in [0.3, 0.4) is 0 Å². The fourth-order valence-corrected chi connectivity index (χ4v) is 5.03. The van der Waals surface area contributed by atoms with E-state index in [1.807, 2.05) is 12.1 Å². The Balaban J connectivity index is 1.22. The van der Waals surface area contributed by atoms with E-state index in [-0.39, 0.29) is 0 Å². The summed E-state index contributed by atoms with van der Waals surface area (Å²) in [6.45, 7) is 5.91. The highest BCUT2D eigenvalue weighted by molar-refractivity contribution is 5.55. The lowest BCUT2D eigenvalue weighted by atomic mass is 10.0. The monoisotopic (exact) mass is 520 g/mol. The third-order valence-corrected chi connectivity index (χ3v) is 7.08. The molecule has 1 atom stereocenters. The predicted molar refractivity (Wildman–Crippen MR) is 150 cm³/mol. The Bertz CT molecular complexity index is 1130. The fraction of sp³-hybridized carbons (Fsp3) is 0.419. The van der Waals surface area contributed by atoms with Crippen LogP contribution in [0.15, 0.2) is 66.7 Å². The normalized spacial score (nSPS) is 15.2. The molecule has 1 unspecified atom stereocenters. The Morgan fingerprint density at radius 1 is 0.737 bits per heavy atom. The molecule has 1 saturated heterocycles. The average Bonchev–Trinajstić information content (AvgIpc) is 2.96. The van der Waals surface area contributed by atoms with Crippen LogP contribution in [0.5, 0.6) is 23.0 Å². The molecule has 1 aliphatic heterocycles. The summed E-state index contributed by atoms with van der Waals surface area (Å²) in [5, 5.41) is 11.1. The highest BCUT2D eigenvalue weighted by Crippen LogP contribution is 2.41. The molecule has 3 aromatic rings. The van der Waals surface area contributed by atoms with Gasteiger partial charge in [0.25, 0.3) is 0 Å². The lowest BCUT2D eigenvalue weighted by molar-refractivity contribution is 0.0682. The summed E-state index contributed by atoms with van der Waals surface area (Å²) in [5.41, 5.74) is 3.13. The minimum atomic E-state index is -0.745. The average molecular weight is 521 g/mol. The van der Waals surface area contributed by atoms with Gasteiger partial charge in [-0.3, -0.25) is 4.90 Å². The molecule has 0 aromatic heterocycles. The van der Waals surface area contributed by atoms with Gasteiger partial charge in [-0.1, -0.05) is 48.5 Å². The Morgan fingerprint density at radius 2 is 1.39 bits per heavy atom. The number of nitrogens with zero attached hydrogens (tertiary/aromatic N) is 2. The van der Waals surface area contributed by atoms with E-state index in [4.69, 9.17) is 18.9 Å². The van der Waals surface area contributed by atoms with Gasteiger partial charge < -0.3 is 29.0 Å². The van der Waals surface area contributed by atoms with Crippen molar-refractivity contribution in [2.24, 2.45) is 0 Å². The van der Waals surface area contributed by atoms with Gasteiger partial charge in [-0.25, -0.2) is 0 Å². The summed E-state index contributed by atoms with van der Waals surface area (Å²) in [5.74, 6) is 2.66. The van der Waals surface area contributed by atoms with Crippen LogP contribution in [0, 0.1) is 0 Å². The lowest BCUT2D eigenvalue weighted by Crippen LogP contribution is -2.47. The summed E-state index contributed by atoms with van der Waals surface area (Å²) < 4.78 is 22.7.